The molecule has 7 nitrogen and oxygen atoms in total. The largest absolute Gasteiger partial charge is 0.487 e. The van der Waals surface area contributed by atoms with Gasteiger partial charge < -0.3 is 14.6 Å². The van der Waals surface area contributed by atoms with E-state index in [9.17, 15) is 22.7 Å². The number of nitrogens with one attached hydrogen (secondary N) is 1. The number of carbonyl (C=O) groups is 1. The predicted molar refractivity (Wildman–Crippen MR) is 97.4 cm³/mol. The van der Waals surface area contributed by atoms with Gasteiger partial charge in [0, 0.05) is 18.1 Å². The molecule has 1 heterocycles. The molecule has 0 saturated carbocycles. The summed E-state index contributed by atoms with van der Waals surface area (Å²) in [5.74, 6) is -0.510. The summed E-state index contributed by atoms with van der Waals surface area (Å²) in [6.45, 7) is 9.39. The quantitative estimate of drug-likeness (QED) is 0.805. The number of fused-ring (bicyclic) bond motifs is 1. The van der Waals surface area contributed by atoms with Crippen LogP contribution in [0.4, 0.5) is 9.18 Å². The average Bonchev–Trinajstić information content (AvgIpc) is 2.41. The monoisotopic (exact) mass is 403 g/mol. The molecule has 1 amide bonds. The fourth-order valence-electron chi connectivity index (χ4n) is 3.14. The normalized spacial score (nSPS) is 23.0. The van der Waals surface area contributed by atoms with Crippen molar-refractivity contribution in [1.29, 1.82) is 0 Å². The number of benzene rings is 1. The summed E-state index contributed by atoms with van der Waals surface area (Å²) in [7, 11) is -4.32. The van der Waals surface area contributed by atoms with Gasteiger partial charge in [0.1, 0.15) is 33.6 Å². The lowest BCUT2D eigenvalue weighted by atomic mass is 9.78. The van der Waals surface area contributed by atoms with Crippen molar-refractivity contribution in [2.24, 2.45) is 0 Å². The van der Waals surface area contributed by atoms with Crippen LogP contribution in [0, 0.1) is 5.82 Å². The Kier molecular flexibility index (Phi) is 5.26. The minimum Gasteiger partial charge on any atom is -0.487 e. The fraction of sp³-hybridized carbons (Fsp3) is 0.611. The number of sulfonamides is 1. The Morgan fingerprint density at radius 1 is 1.37 bits per heavy atom. The fourth-order valence-corrected chi connectivity index (χ4v) is 4.31. The first-order valence-corrected chi connectivity index (χ1v) is 10.1. The van der Waals surface area contributed by atoms with Crippen LogP contribution in [0.2, 0.25) is 0 Å². The molecule has 0 fully saturated rings. The van der Waals surface area contributed by atoms with E-state index in [4.69, 9.17) is 9.47 Å². The Bertz CT molecular complexity index is 846. The zero-order valence-electron chi connectivity index (χ0n) is 16.3. The van der Waals surface area contributed by atoms with Crippen LogP contribution in [0.1, 0.15) is 53.5 Å². The van der Waals surface area contributed by atoms with Crippen molar-refractivity contribution in [2.75, 3.05) is 0 Å². The van der Waals surface area contributed by atoms with Gasteiger partial charge >= 0.3 is 6.09 Å². The number of halogens is 1. The zero-order valence-corrected chi connectivity index (χ0v) is 17.1. The second-order valence-corrected chi connectivity index (χ2v) is 10.4. The Labute approximate surface area is 158 Å². The van der Waals surface area contributed by atoms with Crippen molar-refractivity contribution >= 4 is 16.1 Å². The van der Waals surface area contributed by atoms with Gasteiger partial charge in [-0.2, -0.15) is 0 Å². The minimum atomic E-state index is -4.32. The lowest BCUT2D eigenvalue weighted by Gasteiger charge is -2.45. The number of hydrogen-bond donors (Lipinski definition) is 2. The van der Waals surface area contributed by atoms with E-state index >= 15 is 0 Å². The summed E-state index contributed by atoms with van der Waals surface area (Å²) < 4.78 is 51.6. The van der Waals surface area contributed by atoms with Gasteiger partial charge in [0.2, 0.25) is 10.0 Å². The molecule has 0 bridgehead atoms. The molecule has 9 heteroatoms. The smallest absolute Gasteiger partial charge is 0.421 e. The van der Waals surface area contributed by atoms with Crippen LogP contribution in [0.25, 0.3) is 0 Å². The van der Waals surface area contributed by atoms with Gasteiger partial charge in [0.05, 0.1) is 0 Å². The molecule has 2 atom stereocenters. The van der Waals surface area contributed by atoms with Crippen molar-refractivity contribution in [3.05, 3.63) is 29.6 Å². The molecule has 0 aliphatic carbocycles. The second-order valence-electron chi connectivity index (χ2n) is 8.39. The first-order chi connectivity index (χ1) is 12.1. The third-order valence-electron chi connectivity index (χ3n) is 4.25. The van der Waals surface area contributed by atoms with Crippen LogP contribution >= 0.6 is 0 Å². The Hall–Kier alpha value is -1.87. The number of aliphatic hydroxyl groups is 1. The summed E-state index contributed by atoms with van der Waals surface area (Å²) in [5, 5.41) is 9.89. The topological polar surface area (TPSA) is 102 Å². The average molecular weight is 403 g/mol. The van der Waals surface area contributed by atoms with Gasteiger partial charge in [0.25, 0.3) is 0 Å². The van der Waals surface area contributed by atoms with E-state index < -0.39 is 44.0 Å². The Morgan fingerprint density at radius 3 is 2.52 bits per heavy atom. The molecule has 0 radical (unpaired) electrons. The maximum Gasteiger partial charge on any atom is 0.421 e. The molecule has 1 aromatic carbocycles. The van der Waals surface area contributed by atoms with Crippen molar-refractivity contribution < 1.29 is 32.2 Å². The van der Waals surface area contributed by atoms with Gasteiger partial charge in [0.15, 0.2) is 0 Å². The highest BCUT2D eigenvalue weighted by Gasteiger charge is 2.52. The van der Waals surface area contributed by atoms with E-state index in [1.54, 1.807) is 34.6 Å². The van der Waals surface area contributed by atoms with Crippen molar-refractivity contribution in [3.8, 4) is 5.75 Å². The van der Waals surface area contributed by atoms with Crippen LogP contribution in [-0.2, 0) is 20.4 Å². The maximum absolute atomic E-state index is 13.6. The number of ether oxygens (including phenoxy) is 2. The molecule has 0 spiro atoms. The standard InChI is InChI=1S/C18H26FNO6S/c1-11(27(23,24)20-15(21)26-16(2,3)4)18(22)10-17(5,6)25-14-9-12(19)7-8-13(14)18/h7-9,11,22H,10H2,1-6H3,(H,20,21). The molecule has 27 heavy (non-hydrogen) atoms. The molecule has 2 N–H and O–H groups in total. The summed E-state index contributed by atoms with van der Waals surface area (Å²) in [5.41, 5.74) is -3.60. The highest BCUT2D eigenvalue weighted by Crippen LogP contribution is 2.47. The Morgan fingerprint density at radius 2 is 1.96 bits per heavy atom. The molecular weight excluding hydrogens is 377 g/mol. The molecule has 1 aliphatic rings. The molecule has 152 valence electrons. The predicted octanol–water partition coefficient (Wildman–Crippen LogP) is 2.82. The third kappa shape index (κ3) is 4.70. The van der Waals surface area contributed by atoms with E-state index in [0.717, 1.165) is 12.1 Å². The number of hydrogen-bond acceptors (Lipinski definition) is 6. The van der Waals surface area contributed by atoms with Crippen LogP contribution < -0.4 is 9.46 Å². The van der Waals surface area contributed by atoms with Gasteiger partial charge in [-0.15, -0.1) is 0 Å². The Balaban J connectivity index is 2.41. The van der Waals surface area contributed by atoms with E-state index in [1.165, 1.54) is 13.0 Å². The molecule has 0 saturated heterocycles. The van der Waals surface area contributed by atoms with Gasteiger partial charge in [-0.25, -0.2) is 22.3 Å². The van der Waals surface area contributed by atoms with Gasteiger partial charge in [-0.3, -0.25) is 0 Å². The molecule has 2 unspecified atom stereocenters. The molecule has 0 aromatic heterocycles. The van der Waals surface area contributed by atoms with E-state index in [0.29, 0.717) is 0 Å². The highest BCUT2D eigenvalue weighted by molar-refractivity contribution is 7.90. The SMILES string of the molecule is CC(C1(O)CC(C)(C)Oc2cc(F)ccc21)S(=O)(=O)NC(=O)OC(C)(C)C. The molecule has 2 rings (SSSR count). The van der Waals surface area contributed by atoms with Crippen molar-refractivity contribution in [2.45, 2.75) is 70.0 Å². The number of amides is 1. The van der Waals surface area contributed by atoms with Crippen molar-refractivity contribution in [3.63, 3.8) is 0 Å². The molecule has 1 aliphatic heterocycles. The first kappa shape index (κ1) is 21.4. The minimum absolute atomic E-state index is 0.0630. The first-order valence-electron chi connectivity index (χ1n) is 8.52. The van der Waals surface area contributed by atoms with E-state index in [1.807, 2.05) is 4.72 Å². The van der Waals surface area contributed by atoms with E-state index in [-0.39, 0.29) is 17.7 Å². The van der Waals surface area contributed by atoms with Crippen LogP contribution in [0.15, 0.2) is 18.2 Å². The zero-order chi connectivity index (χ0) is 20.8. The van der Waals surface area contributed by atoms with Crippen LogP contribution in [0.5, 0.6) is 5.75 Å². The van der Waals surface area contributed by atoms with Crippen molar-refractivity contribution in [1.82, 2.24) is 4.72 Å². The molecular formula is C18H26FNO6S. The maximum atomic E-state index is 13.6. The van der Waals surface area contributed by atoms with Gasteiger partial charge in [-0.05, 0) is 53.7 Å². The lowest BCUT2D eigenvalue weighted by molar-refractivity contribution is -0.0639. The summed E-state index contributed by atoms with van der Waals surface area (Å²) in [6, 6.07) is 3.51. The number of rotatable bonds is 3. The highest BCUT2D eigenvalue weighted by atomic mass is 32.2. The van der Waals surface area contributed by atoms with Crippen LogP contribution in [0.3, 0.4) is 0 Å². The second kappa shape index (κ2) is 6.63. The number of carbonyl (C=O) groups excluding carboxylic acids is 1. The summed E-state index contributed by atoms with van der Waals surface area (Å²) in [6.07, 6.45) is -1.21. The summed E-state index contributed by atoms with van der Waals surface area (Å²) in [4.78, 5) is 11.9. The molecule has 1 aromatic rings. The van der Waals surface area contributed by atoms with E-state index in [2.05, 4.69) is 0 Å². The summed E-state index contributed by atoms with van der Waals surface area (Å²) >= 11 is 0. The third-order valence-corrected chi connectivity index (χ3v) is 6.03. The van der Waals surface area contributed by atoms with Gasteiger partial charge in [-0.1, -0.05) is 0 Å². The lowest BCUT2D eigenvalue weighted by Crippen LogP contribution is -2.55. The van der Waals surface area contributed by atoms with Crippen LogP contribution in [-0.4, -0.2) is 36.1 Å².